The number of nitrogens with one attached hydrogen (secondary N) is 2. The molecule has 0 spiro atoms. The summed E-state index contributed by atoms with van der Waals surface area (Å²) in [5.41, 5.74) is -1.08. The summed E-state index contributed by atoms with van der Waals surface area (Å²) in [7, 11) is -3.52. The average molecular weight is 449 g/mol. The van der Waals surface area contributed by atoms with Crippen molar-refractivity contribution in [3.8, 4) is 0 Å². The number of hydrogen-bond acceptors (Lipinski definition) is 8. The van der Waals surface area contributed by atoms with Crippen LogP contribution in [-0.2, 0) is 19.7 Å². The number of sulfone groups is 2. The average Bonchev–Trinajstić information content (AvgIpc) is 2.82. The molecule has 0 bridgehead atoms. The van der Waals surface area contributed by atoms with E-state index < -0.39 is 30.8 Å². The van der Waals surface area contributed by atoms with Crippen LogP contribution in [0.4, 0.5) is 0 Å². The summed E-state index contributed by atoms with van der Waals surface area (Å²) >= 11 is 10.5. The minimum absolute atomic E-state index is 0.0734. The highest BCUT2D eigenvalue weighted by Crippen LogP contribution is 2.30. The zero-order valence-electron chi connectivity index (χ0n) is 13.3. The molecule has 0 radical (unpaired) electrons. The van der Waals surface area contributed by atoms with Crippen LogP contribution >= 0.6 is 46.0 Å². The first kappa shape index (κ1) is 20.7. The summed E-state index contributed by atoms with van der Waals surface area (Å²) in [5.74, 6) is 0.488. The molecule has 138 valence electrons. The first-order valence-electron chi connectivity index (χ1n) is 7.22. The van der Waals surface area contributed by atoms with Crippen molar-refractivity contribution in [1.82, 2.24) is 10.6 Å². The van der Waals surface area contributed by atoms with E-state index in [0.29, 0.717) is 21.5 Å². The number of thiocarbonyl (C=S) groups is 2. The molecule has 2 unspecified atom stereocenters. The molecule has 12 heteroatoms. The van der Waals surface area contributed by atoms with E-state index in [0.717, 1.165) is 0 Å². The van der Waals surface area contributed by atoms with E-state index >= 15 is 0 Å². The van der Waals surface area contributed by atoms with Crippen LogP contribution in [0.2, 0.25) is 0 Å². The van der Waals surface area contributed by atoms with Gasteiger partial charge < -0.3 is 10.6 Å². The third-order valence-corrected chi connectivity index (χ3v) is 11.0. The molecule has 0 aromatic heterocycles. The van der Waals surface area contributed by atoms with Crippen LogP contribution in [0.1, 0.15) is 26.7 Å². The molecule has 0 aromatic carbocycles. The monoisotopic (exact) mass is 448 g/mol. The van der Waals surface area contributed by atoms with Crippen LogP contribution in [0.3, 0.4) is 0 Å². The van der Waals surface area contributed by atoms with Crippen molar-refractivity contribution in [2.24, 2.45) is 0 Å². The van der Waals surface area contributed by atoms with Crippen molar-refractivity contribution in [3.05, 3.63) is 0 Å². The Morgan fingerprint density at radius 1 is 0.833 bits per heavy atom. The lowest BCUT2D eigenvalue weighted by molar-refractivity contribution is 0.477. The molecule has 2 heterocycles. The van der Waals surface area contributed by atoms with Gasteiger partial charge >= 0.3 is 0 Å². The molecular weight excluding hydrogens is 429 g/mol. The molecule has 2 rings (SSSR count). The molecule has 0 saturated carbocycles. The van der Waals surface area contributed by atoms with E-state index in [4.69, 9.17) is 24.4 Å². The van der Waals surface area contributed by atoms with Crippen molar-refractivity contribution in [2.75, 3.05) is 23.0 Å². The van der Waals surface area contributed by atoms with E-state index in [-0.39, 0.29) is 23.0 Å². The van der Waals surface area contributed by atoms with Crippen molar-refractivity contribution in [2.45, 2.75) is 37.8 Å². The van der Waals surface area contributed by atoms with Crippen molar-refractivity contribution < 1.29 is 16.8 Å². The van der Waals surface area contributed by atoms with Crippen LogP contribution < -0.4 is 10.6 Å². The Morgan fingerprint density at radius 3 is 1.42 bits per heavy atom. The van der Waals surface area contributed by atoms with Gasteiger partial charge in [-0.25, -0.2) is 16.8 Å². The van der Waals surface area contributed by atoms with E-state index in [2.05, 4.69) is 10.6 Å². The second kappa shape index (κ2) is 7.18. The van der Waals surface area contributed by atoms with Crippen molar-refractivity contribution >= 4 is 74.3 Å². The van der Waals surface area contributed by atoms with Crippen LogP contribution in [0, 0.1) is 0 Å². The smallest absolute Gasteiger partial charge is 0.152 e. The van der Waals surface area contributed by atoms with Gasteiger partial charge in [-0.1, -0.05) is 24.4 Å². The summed E-state index contributed by atoms with van der Waals surface area (Å²) in [6.07, 6.45) is 1.05. The van der Waals surface area contributed by atoms with Gasteiger partial charge in [0.1, 0.15) is 8.64 Å². The van der Waals surface area contributed by atoms with Gasteiger partial charge in [0.2, 0.25) is 0 Å². The maximum absolute atomic E-state index is 11.6. The second-order valence-electron chi connectivity index (χ2n) is 6.80. The Hall–Kier alpha value is 0.380. The zero-order chi connectivity index (χ0) is 18.2. The normalized spacial score (nSPS) is 33.9. The standard InChI is InChI=1S/C12H20N2O4S6/c1-11(3-5-23(15,16)7-11)13-9(19)21-22-10(20)14-12(2)4-6-24(17,18)8-12/h3-8H2,1-2H3,(H,13,19)(H,14,20). The van der Waals surface area contributed by atoms with Gasteiger partial charge in [0.25, 0.3) is 0 Å². The maximum Gasteiger partial charge on any atom is 0.152 e. The Kier molecular flexibility index (Phi) is 6.19. The van der Waals surface area contributed by atoms with Crippen LogP contribution in [-0.4, -0.2) is 59.6 Å². The Labute approximate surface area is 161 Å². The Morgan fingerprint density at radius 2 is 1.17 bits per heavy atom. The summed E-state index contributed by atoms with van der Waals surface area (Å²) in [4.78, 5) is 0. The summed E-state index contributed by atoms with van der Waals surface area (Å²) in [6, 6.07) is 0. The van der Waals surface area contributed by atoms with E-state index in [1.54, 1.807) is 0 Å². The van der Waals surface area contributed by atoms with Crippen LogP contribution in [0.15, 0.2) is 0 Å². The van der Waals surface area contributed by atoms with Gasteiger partial charge in [-0.05, 0) is 48.3 Å². The minimum atomic E-state index is -3.00. The second-order valence-corrected chi connectivity index (χ2v) is 14.6. The quantitative estimate of drug-likeness (QED) is 0.475. The third kappa shape index (κ3) is 5.97. The first-order valence-corrected chi connectivity index (χ1v) is 13.8. The highest BCUT2D eigenvalue weighted by Gasteiger charge is 2.40. The van der Waals surface area contributed by atoms with Gasteiger partial charge in [0.05, 0.1) is 34.1 Å². The maximum atomic E-state index is 11.6. The molecule has 24 heavy (non-hydrogen) atoms. The summed E-state index contributed by atoms with van der Waals surface area (Å²) in [5, 5.41) is 6.19. The summed E-state index contributed by atoms with van der Waals surface area (Å²) in [6.45, 7) is 3.69. The topological polar surface area (TPSA) is 92.3 Å². The van der Waals surface area contributed by atoms with Crippen LogP contribution in [0.25, 0.3) is 0 Å². The largest absolute Gasteiger partial charge is 0.364 e. The fourth-order valence-electron chi connectivity index (χ4n) is 2.83. The molecule has 0 aromatic rings. The van der Waals surface area contributed by atoms with E-state index in [1.165, 1.54) is 21.6 Å². The molecular formula is C12H20N2O4S6. The van der Waals surface area contributed by atoms with Crippen molar-refractivity contribution in [3.63, 3.8) is 0 Å². The predicted octanol–water partition coefficient (Wildman–Crippen LogP) is 1.27. The van der Waals surface area contributed by atoms with E-state index in [9.17, 15) is 16.8 Å². The molecule has 6 nitrogen and oxygen atoms in total. The van der Waals surface area contributed by atoms with Gasteiger partial charge in [-0.15, -0.1) is 0 Å². The molecule has 0 amide bonds. The van der Waals surface area contributed by atoms with Gasteiger partial charge in [0.15, 0.2) is 19.7 Å². The van der Waals surface area contributed by atoms with Crippen LogP contribution in [0.5, 0.6) is 0 Å². The SMILES string of the molecule is CC1(NC(=S)SSC(=S)NC2(C)CCS(=O)(=O)C2)CCS(=O)(=O)C1. The predicted molar refractivity (Wildman–Crippen MR) is 110 cm³/mol. The lowest BCUT2D eigenvalue weighted by Gasteiger charge is -2.26. The molecule has 2 saturated heterocycles. The first-order chi connectivity index (χ1) is 10.8. The molecule has 2 aliphatic heterocycles. The van der Waals surface area contributed by atoms with Crippen molar-refractivity contribution in [1.29, 1.82) is 0 Å². The van der Waals surface area contributed by atoms with Gasteiger partial charge in [-0.3, -0.25) is 0 Å². The molecule has 2 fully saturated rings. The van der Waals surface area contributed by atoms with Gasteiger partial charge in [0, 0.05) is 0 Å². The number of rotatable bonds is 2. The van der Waals surface area contributed by atoms with E-state index in [1.807, 2.05) is 13.8 Å². The zero-order valence-corrected chi connectivity index (χ0v) is 18.2. The molecule has 2 atom stereocenters. The highest BCUT2D eigenvalue weighted by atomic mass is 33.1. The number of hydrogen-bond donors (Lipinski definition) is 2. The summed E-state index contributed by atoms with van der Waals surface area (Å²) < 4.78 is 47.3. The molecule has 2 N–H and O–H groups in total. The lowest BCUT2D eigenvalue weighted by Crippen LogP contribution is -2.46. The fraction of sp³-hybridized carbons (Fsp3) is 0.833. The third-order valence-electron chi connectivity index (χ3n) is 4.01. The lowest BCUT2D eigenvalue weighted by atomic mass is 10.0. The molecule has 2 aliphatic rings. The highest BCUT2D eigenvalue weighted by molar-refractivity contribution is 8.89. The Bertz CT molecular complexity index is 686. The Balaban J connectivity index is 1.79. The fourth-order valence-corrected chi connectivity index (χ4v) is 9.55. The molecule has 0 aliphatic carbocycles. The van der Waals surface area contributed by atoms with Gasteiger partial charge in [-0.2, -0.15) is 0 Å². The minimum Gasteiger partial charge on any atom is -0.364 e.